The summed E-state index contributed by atoms with van der Waals surface area (Å²) in [4.78, 5) is 4.32. The summed E-state index contributed by atoms with van der Waals surface area (Å²) < 4.78 is 2.07. The Hall–Kier alpha value is -2.37. The molecular weight excluding hydrogens is 312 g/mol. The van der Waals surface area contributed by atoms with Crippen molar-refractivity contribution < 1.29 is 0 Å². The Kier molecular flexibility index (Phi) is 6.56. The van der Waals surface area contributed by atoms with Crippen molar-refractivity contribution in [1.82, 2.24) is 25.4 Å². The fourth-order valence-corrected chi connectivity index (χ4v) is 2.99. The average Bonchev–Trinajstić information content (AvgIpc) is 3.05. The molecule has 0 bridgehead atoms. The molecule has 6 nitrogen and oxygen atoms in total. The van der Waals surface area contributed by atoms with Gasteiger partial charge in [0.25, 0.3) is 0 Å². The molecule has 2 rings (SSSR count). The molecule has 0 saturated heterocycles. The highest BCUT2D eigenvalue weighted by molar-refractivity contribution is 5.79. The molecule has 0 aliphatic rings. The lowest BCUT2D eigenvalue weighted by Crippen LogP contribution is -2.44. The van der Waals surface area contributed by atoms with Gasteiger partial charge in [0, 0.05) is 38.5 Å². The standard InChI is InChI=1S/C19H30N6/c1-6-17-24-23-14-25(17)12-11-21-18(20-5)22-13-19(3,4)16-10-8-7-9-15(16)2/h7-10,14H,6,11-13H2,1-5H3,(H2,20,21,22). The molecule has 2 N–H and O–H groups in total. The van der Waals surface area contributed by atoms with Gasteiger partial charge in [-0.15, -0.1) is 10.2 Å². The highest BCUT2D eigenvalue weighted by atomic mass is 15.3. The Bertz CT molecular complexity index is 701. The van der Waals surface area contributed by atoms with Crippen molar-refractivity contribution in [3.63, 3.8) is 0 Å². The second-order valence-electron chi connectivity index (χ2n) is 6.85. The van der Waals surface area contributed by atoms with Gasteiger partial charge in [0.2, 0.25) is 0 Å². The summed E-state index contributed by atoms with van der Waals surface area (Å²) in [6, 6.07) is 8.54. The van der Waals surface area contributed by atoms with Gasteiger partial charge in [-0.05, 0) is 18.1 Å². The van der Waals surface area contributed by atoms with E-state index >= 15 is 0 Å². The SMILES string of the molecule is CCc1nncn1CCNC(=NC)NCC(C)(C)c1ccccc1C. The van der Waals surface area contributed by atoms with Crippen molar-refractivity contribution in [1.29, 1.82) is 0 Å². The predicted octanol–water partition coefficient (Wildman–Crippen LogP) is 2.29. The van der Waals surface area contributed by atoms with E-state index in [1.54, 1.807) is 13.4 Å². The van der Waals surface area contributed by atoms with Gasteiger partial charge in [-0.2, -0.15) is 0 Å². The summed E-state index contributed by atoms with van der Waals surface area (Å²) in [5.41, 5.74) is 2.69. The summed E-state index contributed by atoms with van der Waals surface area (Å²) in [6.45, 7) is 11.1. The molecule has 6 heteroatoms. The molecule has 1 aromatic heterocycles. The van der Waals surface area contributed by atoms with E-state index in [9.17, 15) is 0 Å². The van der Waals surface area contributed by atoms with Crippen molar-refractivity contribution in [3.05, 3.63) is 47.5 Å². The first-order chi connectivity index (χ1) is 12.0. The van der Waals surface area contributed by atoms with Crippen LogP contribution in [0.1, 0.15) is 37.7 Å². The van der Waals surface area contributed by atoms with E-state index in [0.717, 1.165) is 37.8 Å². The molecule has 0 saturated carbocycles. The van der Waals surface area contributed by atoms with Crippen molar-refractivity contribution in [2.75, 3.05) is 20.1 Å². The van der Waals surface area contributed by atoms with Gasteiger partial charge >= 0.3 is 0 Å². The molecule has 0 spiro atoms. The Balaban J connectivity index is 1.87. The zero-order chi connectivity index (χ0) is 18.3. The van der Waals surface area contributed by atoms with Crippen molar-refractivity contribution in [2.24, 2.45) is 4.99 Å². The van der Waals surface area contributed by atoms with Gasteiger partial charge in [-0.1, -0.05) is 45.0 Å². The predicted molar refractivity (Wildman–Crippen MR) is 103 cm³/mol. The third-order valence-electron chi connectivity index (χ3n) is 4.45. The minimum absolute atomic E-state index is 0.0204. The molecule has 0 radical (unpaired) electrons. The summed E-state index contributed by atoms with van der Waals surface area (Å²) in [6.07, 6.45) is 2.66. The van der Waals surface area contributed by atoms with Crippen LogP contribution in [0, 0.1) is 6.92 Å². The molecule has 1 heterocycles. The quantitative estimate of drug-likeness (QED) is 0.598. The average molecular weight is 342 g/mol. The summed E-state index contributed by atoms with van der Waals surface area (Å²) >= 11 is 0. The minimum atomic E-state index is 0.0204. The third kappa shape index (κ3) is 5.05. The van der Waals surface area contributed by atoms with Crippen LogP contribution >= 0.6 is 0 Å². The maximum absolute atomic E-state index is 4.32. The molecule has 0 atom stereocenters. The minimum Gasteiger partial charge on any atom is -0.356 e. The van der Waals surface area contributed by atoms with Crippen LogP contribution in [0.15, 0.2) is 35.6 Å². The van der Waals surface area contributed by atoms with Gasteiger partial charge in [0.05, 0.1) is 0 Å². The van der Waals surface area contributed by atoms with E-state index in [4.69, 9.17) is 0 Å². The topological polar surface area (TPSA) is 67.1 Å². The number of guanidine groups is 1. The Morgan fingerprint density at radius 2 is 2.00 bits per heavy atom. The van der Waals surface area contributed by atoms with Crippen LogP contribution < -0.4 is 10.6 Å². The molecule has 136 valence electrons. The maximum atomic E-state index is 4.32. The number of hydrogen-bond acceptors (Lipinski definition) is 3. The van der Waals surface area contributed by atoms with E-state index in [1.165, 1.54) is 11.1 Å². The molecule has 2 aromatic rings. The first-order valence-corrected chi connectivity index (χ1v) is 8.85. The largest absolute Gasteiger partial charge is 0.356 e. The maximum Gasteiger partial charge on any atom is 0.191 e. The van der Waals surface area contributed by atoms with E-state index in [-0.39, 0.29) is 5.41 Å². The molecule has 0 aliphatic heterocycles. The lowest BCUT2D eigenvalue weighted by atomic mass is 9.82. The fourth-order valence-electron chi connectivity index (χ4n) is 2.99. The van der Waals surface area contributed by atoms with Crippen LogP contribution in [-0.4, -0.2) is 40.9 Å². The first kappa shape index (κ1) is 19.0. The second kappa shape index (κ2) is 8.65. The molecule has 1 aromatic carbocycles. The van der Waals surface area contributed by atoms with E-state index in [0.29, 0.717) is 0 Å². The number of nitrogens with zero attached hydrogens (tertiary/aromatic N) is 4. The number of aliphatic imine (C=N–C) groups is 1. The van der Waals surface area contributed by atoms with E-state index in [2.05, 4.69) is 82.4 Å². The van der Waals surface area contributed by atoms with Gasteiger partial charge in [-0.25, -0.2) is 0 Å². The highest BCUT2D eigenvalue weighted by Crippen LogP contribution is 2.25. The second-order valence-corrected chi connectivity index (χ2v) is 6.85. The monoisotopic (exact) mass is 342 g/mol. The summed E-state index contributed by atoms with van der Waals surface area (Å²) in [7, 11) is 1.80. The number of hydrogen-bond donors (Lipinski definition) is 2. The van der Waals surface area contributed by atoms with Gasteiger partial charge < -0.3 is 15.2 Å². The van der Waals surface area contributed by atoms with E-state index < -0.39 is 0 Å². The zero-order valence-electron chi connectivity index (χ0n) is 16.0. The van der Waals surface area contributed by atoms with Crippen LogP contribution in [0.5, 0.6) is 0 Å². The van der Waals surface area contributed by atoms with Crippen LogP contribution in [-0.2, 0) is 18.4 Å². The smallest absolute Gasteiger partial charge is 0.191 e. The summed E-state index contributed by atoms with van der Waals surface area (Å²) in [5.74, 6) is 1.82. The molecule has 0 fully saturated rings. The molecule has 0 unspecified atom stereocenters. The third-order valence-corrected chi connectivity index (χ3v) is 4.45. The molecule has 0 aliphatic carbocycles. The number of aryl methyl sites for hydroxylation is 2. The van der Waals surface area contributed by atoms with Gasteiger partial charge in [0.15, 0.2) is 5.96 Å². The van der Waals surface area contributed by atoms with Gasteiger partial charge in [0.1, 0.15) is 12.2 Å². The fraction of sp³-hybridized carbons (Fsp3) is 0.526. The van der Waals surface area contributed by atoms with E-state index in [1.807, 2.05) is 0 Å². The number of nitrogens with one attached hydrogen (secondary N) is 2. The normalized spacial score (nSPS) is 12.3. The van der Waals surface area contributed by atoms with Crippen LogP contribution in [0.3, 0.4) is 0 Å². The zero-order valence-corrected chi connectivity index (χ0v) is 16.0. The van der Waals surface area contributed by atoms with Crippen LogP contribution in [0.4, 0.5) is 0 Å². The Morgan fingerprint density at radius 1 is 1.24 bits per heavy atom. The Morgan fingerprint density at radius 3 is 2.68 bits per heavy atom. The van der Waals surface area contributed by atoms with Crippen molar-refractivity contribution in [3.8, 4) is 0 Å². The lowest BCUT2D eigenvalue weighted by molar-refractivity contribution is 0.504. The lowest BCUT2D eigenvalue weighted by Gasteiger charge is -2.28. The molecule has 0 amide bonds. The number of aromatic nitrogens is 3. The van der Waals surface area contributed by atoms with Crippen LogP contribution in [0.2, 0.25) is 0 Å². The molecule has 25 heavy (non-hydrogen) atoms. The molecular formula is C19H30N6. The first-order valence-electron chi connectivity index (χ1n) is 8.85. The Labute approximate surface area is 150 Å². The number of benzene rings is 1. The van der Waals surface area contributed by atoms with Crippen molar-refractivity contribution in [2.45, 2.75) is 46.1 Å². The van der Waals surface area contributed by atoms with Gasteiger partial charge in [-0.3, -0.25) is 4.99 Å². The van der Waals surface area contributed by atoms with Crippen molar-refractivity contribution >= 4 is 5.96 Å². The van der Waals surface area contributed by atoms with Crippen LogP contribution in [0.25, 0.3) is 0 Å². The highest BCUT2D eigenvalue weighted by Gasteiger charge is 2.22. The summed E-state index contributed by atoms with van der Waals surface area (Å²) in [5, 5.41) is 14.9. The number of rotatable bonds is 7.